The van der Waals surface area contributed by atoms with Gasteiger partial charge in [0.05, 0.1) is 5.75 Å². The average Bonchev–Trinajstić information content (AvgIpc) is 3.20. The Morgan fingerprint density at radius 1 is 1.17 bits per heavy atom. The molecule has 124 valence electrons. The monoisotopic (exact) mass is 345 g/mol. The van der Waals surface area contributed by atoms with E-state index in [0.29, 0.717) is 42.5 Å². The highest BCUT2D eigenvalue weighted by molar-refractivity contribution is 8.14. The first-order valence-electron chi connectivity index (χ1n) is 7.72. The molecule has 24 heavy (non-hydrogen) atoms. The Labute approximate surface area is 141 Å². The van der Waals surface area contributed by atoms with Gasteiger partial charge in [0.2, 0.25) is 5.91 Å². The summed E-state index contributed by atoms with van der Waals surface area (Å²) in [4.78, 5) is 39.4. The second kappa shape index (κ2) is 5.90. The topological polar surface area (TPSA) is 99.3 Å². The van der Waals surface area contributed by atoms with E-state index in [0.717, 1.165) is 11.8 Å². The van der Waals surface area contributed by atoms with E-state index < -0.39 is 0 Å². The molecule has 3 heterocycles. The Morgan fingerprint density at radius 2 is 1.92 bits per heavy atom. The molecule has 8 nitrogen and oxygen atoms in total. The molecule has 1 aromatic heterocycles. The Hall–Kier alpha value is -2.42. The minimum absolute atomic E-state index is 0.0631. The summed E-state index contributed by atoms with van der Waals surface area (Å²) in [5.74, 6) is 0.0495. The average molecular weight is 345 g/mol. The van der Waals surface area contributed by atoms with Crippen LogP contribution in [0.2, 0.25) is 0 Å². The molecule has 0 atom stereocenters. The lowest BCUT2D eigenvalue weighted by Crippen LogP contribution is -2.48. The van der Waals surface area contributed by atoms with E-state index in [9.17, 15) is 14.4 Å². The molecule has 2 aliphatic rings. The summed E-state index contributed by atoms with van der Waals surface area (Å²) in [5.41, 5.74) is 1.94. The standard InChI is InChI=1S/C15H15N5O3S/c21-13-8-24-15(23)20(13)10-3-5-19(6-4-10)14(22)9-1-2-11-12(7-9)17-18-16-11/h1-2,7,10H,3-6,8H2,(H,16,17,18). The van der Waals surface area contributed by atoms with E-state index in [-0.39, 0.29) is 28.8 Å². The zero-order valence-corrected chi connectivity index (χ0v) is 13.6. The number of imide groups is 1. The van der Waals surface area contributed by atoms with Crippen molar-refractivity contribution in [3.8, 4) is 0 Å². The quantitative estimate of drug-likeness (QED) is 0.880. The summed E-state index contributed by atoms with van der Waals surface area (Å²) in [5, 5.41) is 10.3. The molecule has 9 heteroatoms. The Kier molecular flexibility index (Phi) is 3.72. The lowest BCUT2D eigenvalue weighted by molar-refractivity contribution is -0.126. The van der Waals surface area contributed by atoms with E-state index in [1.165, 1.54) is 4.90 Å². The predicted octanol–water partition coefficient (Wildman–Crippen LogP) is 1.26. The van der Waals surface area contributed by atoms with E-state index >= 15 is 0 Å². The van der Waals surface area contributed by atoms with Crippen LogP contribution in [-0.2, 0) is 4.79 Å². The number of fused-ring (bicyclic) bond motifs is 1. The van der Waals surface area contributed by atoms with E-state index in [2.05, 4.69) is 15.4 Å². The summed E-state index contributed by atoms with van der Waals surface area (Å²) in [6.45, 7) is 1.06. The molecule has 3 amide bonds. The van der Waals surface area contributed by atoms with Crippen molar-refractivity contribution in [3.05, 3.63) is 23.8 Å². The van der Waals surface area contributed by atoms with Gasteiger partial charge in [0, 0.05) is 24.7 Å². The molecule has 1 N–H and O–H groups in total. The summed E-state index contributed by atoms with van der Waals surface area (Å²) in [6.07, 6.45) is 1.24. The van der Waals surface area contributed by atoms with Gasteiger partial charge in [-0.05, 0) is 31.0 Å². The van der Waals surface area contributed by atoms with Crippen LogP contribution in [0.3, 0.4) is 0 Å². The van der Waals surface area contributed by atoms with Gasteiger partial charge in [0.25, 0.3) is 11.1 Å². The third-order valence-corrected chi connectivity index (χ3v) is 5.30. The Morgan fingerprint density at radius 3 is 2.62 bits per heavy atom. The largest absolute Gasteiger partial charge is 0.338 e. The molecule has 0 saturated carbocycles. The van der Waals surface area contributed by atoms with Gasteiger partial charge in [-0.2, -0.15) is 15.4 Å². The van der Waals surface area contributed by atoms with Gasteiger partial charge in [-0.1, -0.05) is 11.8 Å². The molecule has 0 aliphatic carbocycles. The van der Waals surface area contributed by atoms with Gasteiger partial charge in [-0.15, -0.1) is 0 Å². The summed E-state index contributed by atoms with van der Waals surface area (Å²) >= 11 is 1.05. The van der Waals surface area contributed by atoms with Gasteiger partial charge in [0.15, 0.2) is 0 Å². The minimum atomic E-state index is -0.165. The number of carbonyl (C=O) groups is 3. The van der Waals surface area contributed by atoms with Crippen LogP contribution in [0.1, 0.15) is 23.2 Å². The van der Waals surface area contributed by atoms with Crippen LogP contribution in [0, 0.1) is 0 Å². The molecular formula is C15H15N5O3S. The van der Waals surface area contributed by atoms with Crippen molar-refractivity contribution in [3.63, 3.8) is 0 Å². The van der Waals surface area contributed by atoms with Crippen LogP contribution in [0.25, 0.3) is 11.0 Å². The van der Waals surface area contributed by atoms with Gasteiger partial charge in [-0.25, -0.2) is 0 Å². The summed E-state index contributed by atoms with van der Waals surface area (Å²) in [6, 6.07) is 5.13. The zero-order chi connectivity index (χ0) is 16.7. The molecule has 0 radical (unpaired) electrons. The molecule has 0 unspecified atom stereocenters. The smallest absolute Gasteiger partial charge is 0.289 e. The fourth-order valence-electron chi connectivity index (χ4n) is 3.20. The highest BCUT2D eigenvalue weighted by Crippen LogP contribution is 2.27. The van der Waals surface area contributed by atoms with Crippen molar-refractivity contribution in [1.82, 2.24) is 25.2 Å². The van der Waals surface area contributed by atoms with Crippen molar-refractivity contribution < 1.29 is 14.4 Å². The number of aromatic amines is 1. The van der Waals surface area contributed by atoms with Crippen molar-refractivity contribution in [2.75, 3.05) is 18.8 Å². The molecule has 2 fully saturated rings. The van der Waals surface area contributed by atoms with Gasteiger partial charge in [0.1, 0.15) is 11.0 Å². The maximum atomic E-state index is 12.6. The van der Waals surface area contributed by atoms with Crippen LogP contribution in [0.4, 0.5) is 4.79 Å². The number of likely N-dealkylation sites (tertiary alicyclic amines) is 1. The molecule has 2 saturated heterocycles. The van der Waals surface area contributed by atoms with E-state index in [1.54, 1.807) is 23.1 Å². The normalized spacial score (nSPS) is 19.5. The number of rotatable bonds is 2. The summed E-state index contributed by atoms with van der Waals surface area (Å²) < 4.78 is 0. The number of piperidine rings is 1. The highest BCUT2D eigenvalue weighted by atomic mass is 32.2. The number of benzene rings is 1. The molecule has 2 aromatic rings. The van der Waals surface area contributed by atoms with Crippen LogP contribution in [0.5, 0.6) is 0 Å². The van der Waals surface area contributed by atoms with E-state index in [4.69, 9.17) is 0 Å². The lowest BCUT2D eigenvalue weighted by Gasteiger charge is -2.35. The van der Waals surface area contributed by atoms with Crippen LogP contribution >= 0.6 is 11.8 Å². The predicted molar refractivity (Wildman–Crippen MR) is 87.5 cm³/mol. The Bertz CT molecular complexity index is 811. The fourth-order valence-corrected chi connectivity index (χ4v) is 3.98. The van der Waals surface area contributed by atoms with Crippen LogP contribution < -0.4 is 0 Å². The van der Waals surface area contributed by atoms with Gasteiger partial charge in [-0.3, -0.25) is 19.3 Å². The van der Waals surface area contributed by atoms with E-state index in [1.807, 2.05) is 0 Å². The first kappa shape index (κ1) is 15.1. The van der Waals surface area contributed by atoms with Crippen molar-refractivity contribution >= 4 is 39.8 Å². The third kappa shape index (κ3) is 2.54. The number of carbonyl (C=O) groups excluding carboxylic acids is 3. The lowest BCUT2D eigenvalue weighted by atomic mass is 10.0. The Balaban J connectivity index is 1.44. The first-order chi connectivity index (χ1) is 11.6. The second-order valence-electron chi connectivity index (χ2n) is 5.87. The fraction of sp³-hybridized carbons (Fsp3) is 0.400. The maximum absolute atomic E-state index is 12.6. The van der Waals surface area contributed by atoms with Crippen molar-refractivity contribution in [2.24, 2.45) is 0 Å². The van der Waals surface area contributed by atoms with Crippen LogP contribution in [0.15, 0.2) is 18.2 Å². The number of aromatic nitrogens is 3. The number of nitrogens with zero attached hydrogens (tertiary/aromatic N) is 4. The van der Waals surface area contributed by atoms with Crippen molar-refractivity contribution in [1.29, 1.82) is 0 Å². The summed E-state index contributed by atoms with van der Waals surface area (Å²) in [7, 11) is 0. The maximum Gasteiger partial charge on any atom is 0.289 e. The first-order valence-corrected chi connectivity index (χ1v) is 8.70. The molecule has 0 bridgehead atoms. The number of nitrogens with one attached hydrogen (secondary N) is 1. The number of thioether (sulfide) groups is 1. The zero-order valence-electron chi connectivity index (χ0n) is 12.8. The molecule has 4 rings (SSSR count). The number of hydrogen-bond acceptors (Lipinski definition) is 6. The SMILES string of the molecule is O=C(c1ccc2n[nH]nc2c1)N1CCC(N2C(=O)CSC2=O)CC1. The van der Waals surface area contributed by atoms with Crippen LogP contribution in [-0.4, -0.2) is 67.1 Å². The molecular weight excluding hydrogens is 330 g/mol. The van der Waals surface area contributed by atoms with Gasteiger partial charge < -0.3 is 4.90 Å². The molecule has 1 aromatic carbocycles. The number of H-pyrrole nitrogens is 1. The number of hydrogen-bond donors (Lipinski definition) is 1. The number of amides is 3. The molecule has 2 aliphatic heterocycles. The second-order valence-corrected chi connectivity index (χ2v) is 6.80. The van der Waals surface area contributed by atoms with Gasteiger partial charge >= 0.3 is 0 Å². The third-order valence-electron chi connectivity index (χ3n) is 4.46. The highest BCUT2D eigenvalue weighted by Gasteiger charge is 2.38. The minimum Gasteiger partial charge on any atom is -0.338 e. The molecule has 0 spiro atoms. The van der Waals surface area contributed by atoms with Crippen molar-refractivity contribution in [2.45, 2.75) is 18.9 Å².